The van der Waals surface area contributed by atoms with Gasteiger partial charge in [-0.1, -0.05) is 6.92 Å². The summed E-state index contributed by atoms with van der Waals surface area (Å²) in [5.74, 6) is -3.04. The number of hydrogen-bond acceptors (Lipinski definition) is 10. The minimum Gasteiger partial charge on any atom is -0.467 e. The third-order valence-corrected chi connectivity index (χ3v) is 3.32. The molecule has 1 fully saturated rings. The van der Waals surface area contributed by atoms with E-state index in [1.165, 1.54) is 0 Å². The van der Waals surface area contributed by atoms with Crippen molar-refractivity contribution in [2.24, 2.45) is 0 Å². The third-order valence-electron chi connectivity index (χ3n) is 3.32. The molecule has 0 aliphatic carbocycles. The van der Waals surface area contributed by atoms with Gasteiger partial charge in [-0.2, -0.15) is 0 Å². The number of carbonyl (C=O) groups excluding carboxylic acids is 4. The van der Waals surface area contributed by atoms with Crippen molar-refractivity contribution < 1.29 is 47.6 Å². The summed E-state index contributed by atoms with van der Waals surface area (Å²) in [7, 11) is 1.12. The summed E-state index contributed by atoms with van der Waals surface area (Å²) in [6, 6.07) is 0. The smallest absolute Gasteiger partial charge is 0.339 e. The SMILES string of the molecule is CCCO[C@@H]1O[C@H](C(=O)OC)[C@@H](OC(C)=O)[C@H](OC(C)=O)[C@H]1OC(C)=O. The standard InChI is InChI=1S/C16H24O10/c1-6-7-22-16-14(25-10(4)19)12(24-9(3)18)11(23-8(2)17)13(26-16)15(20)21-5/h11-14,16H,6-7H2,1-5H3/t11-,12-,13-,14+,16+/m0/s1. The molecule has 0 aromatic carbocycles. The fourth-order valence-corrected chi connectivity index (χ4v) is 2.45. The molecule has 1 aliphatic heterocycles. The second-order valence-corrected chi connectivity index (χ2v) is 5.54. The number of rotatable bonds is 7. The van der Waals surface area contributed by atoms with Gasteiger partial charge >= 0.3 is 23.9 Å². The topological polar surface area (TPSA) is 124 Å². The summed E-state index contributed by atoms with van der Waals surface area (Å²) in [5, 5.41) is 0. The molecule has 0 radical (unpaired) electrons. The van der Waals surface area contributed by atoms with Crippen LogP contribution >= 0.6 is 0 Å². The van der Waals surface area contributed by atoms with Gasteiger partial charge in [-0.25, -0.2) is 4.79 Å². The second kappa shape index (κ2) is 10.1. The highest BCUT2D eigenvalue weighted by molar-refractivity contribution is 5.77. The zero-order valence-electron chi connectivity index (χ0n) is 15.4. The summed E-state index contributed by atoms with van der Waals surface area (Å²) >= 11 is 0. The van der Waals surface area contributed by atoms with Gasteiger partial charge in [-0.3, -0.25) is 14.4 Å². The van der Waals surface area contributed by atoms with Crippen LogP contribution in [0.5, 0.6) is 0 Å². The van der Waals surface area contributed by atoms with Crippen molar-refractivity contribution in [3.8, 4) is 0 Å². The van der Waals surface area contributed by atoms with E-state index in [1.54, 1.807) is 0 Å². The molecule has 148 valence electrons. The van der Waals surface area contributed by atoms with Crippen molar-refractivity contribution >= 4 is 23.9 Å². The maximum absolute atomic E-state index is 12.1. The van der Waals surface area contributed by atoms with Crippen LogP contribution in [0.25, 0.3) is 0 Å². The van der Waals surface area contributed by atoms with Crippen LogP contribution in [0, 0.1) is 0 Å². The van der Waals surface area contributed by atoms with Gasteiger partial charge in [0.25, 0.3) is 0 Å². The summed E-state index contributed by atoms with van der Waals surface area (Å²) in [6.07, 6.45) is -5.98. The predicted molar refractivity (Wildman–Crippen MR) is 83.6 cm³/mol. The lowest BCUT2D eigenvalue weighted by molar-refractivity contribution is -0.301. The molecule has 1 heterocycles. The van der Waals surface area contributed by atoms with E-state index < -0.39 is 54.6 Å². The van der Waals surface area contributed by atoms with Crippen molar-refractivity contribution in [1.82, 2.24) is 0 Å². The molecule has 10 nitrogen and oxygen atoms in total. The average molecular weight is 376 g/mol. The molecule has 0 aromatic rings. The van der Waals surface area contributed by atoms with E-state index in [1.807, 2.05) is 6.92 Å². The number of methoxy groups -OCH3 is 1. The molecular weight excluding hydrogens is 352 g/mol. The van der Waals surface area contributed by atoms with E-state index in [4.69, 9.17) is 23.7 Å². The molecule has 26 heavy (non-hydrogen) atoms. The lowest BCUT2D eigenvalue weighted by atomic mass is 9.97. The molecule has 1 aliphatic rings. The van der Waals surface area contributed by atoms with Crippen LogP contribution in [0.15, 0.2) is 0 Å². The highest BCUT2D eigenvalue weighted by Gasteiger charge is 2.55. The van der Waals surface area contributed by atoms with Crippen LogP contribution in [0.2, 0.25) is 0 Å². The Morgan fingerprint density at radius 3 is 1.81 bits per heavy atom. The monoisotopic (exact) mass is 376 g/mol. The quantitative estimate of drug-likeness (QED) is 0.446. The normalized spacial score (nSPS) is 28.0. The Hall–Kier alpha value is -2.20. The third kappa shape index (κ3) is 5.95. The van der Waals surface area contributed by atoms with Gasteiger partial charge in [-0.15, -0.1) is 0 Å². The Balaban J connectivity index is 3.30. The number of hydrogen-bond donors (Lipinski definition) is 0. The molecule has 0 bridgehead atoms. The summed E-state index contributed by atoms with van der Waals surface area (Å²) in [4.78, 5) is 46.6. The van der Waals surface area contributed by atoms with Crippen molar-refractivity contribution in [1.29, 1.82) is 0 Å². The minimum atomic E-state index is -1.43. The molecule has 0 unspecified atom stereocenters. The van der Waals surface area contributed by atoms with Crippen LogP contribution in [-0.2, 0) is 47.6 Å². The van der Waals surface area contributed by atoms with Gasteiger partial charge in [-0.05, 0) is 6.42 Å². The lowest BCUT2D eigenvalue weighted by Gasteiger charge is -2.43. The second-order valence-electron chi connectivity index (χ2n) is 5.54. The van der Waals surface area contributed by atoms with Gasteiger partial charge in [0.15, 0.2) is 30.7 Å². The van der Waals surface area contributed by atoms with Gasteiger partial charge in [0, 0.05) is 27.4 Å². The molecule has 0 spiro atoms. The van der Waals surface area contributed by atoms with E-state index in [0.717, 1.165) is 27.9 Å². The molecular formula is C16H24O10. The summed E-state index contributed by atoms with van der Waals surface area (Å²) in [5.41, 5.74) is 0. The van der Waals surface area contributed by atoms with Crippen LogP contribution in [0.1, 0.15) is 34.1 Å². The highest BCUT2D eigenvalue weighted by Crippen LogP contribution is 2.30. The molecule has 1 rings (SSSR count). The van der Waals surface area contributed by atoms with Gasteiger partial charge < -0.3 is 28.4 Å². The molecule has 0 saturated carbocycles. The molecule has 10 heteroatoms. The Labute approximate surface area is 151 Å². The van der Waals surface area contributed by atoms with E-state index in [2.05, 4.69) is 4.74 Å². The molecule has 0 amide bonds. The number of ether oxygens (including phenoxy) is 6. The van der Waals surface area contributed by atoms with E-state index >= 15 is 0 Å². The van der Waals surface area contributed by atoms with E-state index in [9.17, 15) is 19.2 Å². The zero-order valence-corrected chi connectivity index (χ0v) is 15.4. The van der Waals surface area contributed by atoms with Gasteiger partial charge in [0.2, 0.25) is 0 Å². The fraction of sp³-hybridized carbons (Fsp3) is 0.750. The van der Waals surface area contributed by atoms with Gasteiger partial charge in [0.05, 0.1) is 7.11 Å². The molecule has 5 atom stereocenters. The molecule has 1 saturated heterocycles. The highest BCUT2D eigenvalue weighted by atomic mass is 16.7. The largest absolute Gasteiger partial charge is 0.467 e. The van der Waals surface area contributed by atoms with Crippen molar-refractivity contribution in [3.63, 3.8) is 0 Å². The Morgan fingerprint density at radius 2 is 1.35 bits per heavy atom. The molecule has 0 aromatic heterocycles. The fourth-order valence-electron chi connectivity index (χ4n) is 2.45. The average Bonchev–Trinajstić information content (AvgIpc) is 2.55. The molecule has 0 N–H and O–H groups in total. The summed E-state index contributed by atoms with van der Waals surface area (Å²) < 4.78 is 31.2. The van der Waals surface area contributed by atoms with E-state index in [0.29, 0.717) is 6.42 Å². The Kier molecular flexibility index (Phi) is 8.46. The summed E-state index contributed by atoms with van der Waals surface area (Å²) in [6.45, 7) is 5.45. The zero-order chi connectivity index (χ0) is 19.9. The predicted octanol–water partition coefficient (Wildman–Crippen LogP) is 0.106. The van der Waals surface area contributed by atoms with Crippen molar-refractivity contribution in [3.05, 3.63) is 0 Å². The Bertz CT molecular complexity index is 531. The maximum atomic E-state index is 12.1. The first-order valence-corrected chi connectivity index (χ1v) is 8.07. The number of carbonyl (C=O) groups is 4. The first kappa shape index (κ1) is 21.8. The van der Waals surface area contributed by atoms with Crippen LogP contribution in [0.3, 0.4) is 0 Å². The maximum Gasteiger partial charge on any atom is 0.339 e. The lowest BCUT2D eigenvalue weighted by Crippen LogP contribution is -2.63. The van der Waals surface area contributed by atoms with E-state index in [-0.39, 0.29) is 6.61 Å². The van der Waals surface area contributed by atoms with Crippen LogP contribution < -0.4 is 0 Å². The number of esters is 4. The minimum absolute atomic E-state index is 0.224. The van der Waals surface area contributed by atoms with Gasteiger partial charge in [0.1, 0.15) is 0 Å². The van der Waals surface area contributed by atoms with Crippen molar-refractivity contribution in [2.75, 3.05) is 13.7 Å². The van der Waals surface area contributed by atoms with Crippen molar-refractivity contribution in [2.45, 2.75) is 64.8 Å². The first-order valence-electron chi connectivity index (χ1n) is 8.07. The Morgan fingerprint density at radius 1 is 0.846 bits per heavy atom. The van der Waals surface area contributed by atoms with Crippen LogP contribution in [0.4, 0.5) is 0 Å². The first-order chi connectivity index (χ1) is 12.2. The van der Waals surface area contributed by atoms with Crippen LogP contribution in [-0.4, -0.2) is 68.3 Å².